The number of fused-ring (bicyclic) bond motifs is 1. The Bertz CT molecular complexity index is 380. The first-order chi connectivity index (χ1) is 8.33. The lowest BCUT2D eigenvalue weighted by molar-refractivity contribution is 0.157. The molecule has 1 aliphatic heterocycles. The molecule has 3 heteroatoms. The van der Waals surface area contributed by atoms with E-state index in [1.807, 2.05) is 0 Å². The zero-order chi connectivity index (χ0) is 11.7. The molecule has 1 N–H and O–H groups in total. The van der Waals surface area contributed by atoms with Crippen LogP contribution in [0.4, 0.5) is 0 Å². The Morgan fingerprint density at radius 3 is 2.71 bits per heavy atom. The number of rotatable bonds is 3. The first-order valence-corrected chi connectivity index (χ1v) is 6.92. The molecule has 0 aromatic carbocycles. The molecule has 0 radical (unpaired) electrons. The van der Waals surface area contributed by atoms with Gasteiger partial charge in [-0.2, -0.15) is 0 Å². The maximum Gasteiger partial charge on any atom is 0.0807 e. The van der Waals surface area contributed by atoms with Gasteiger partial charge in [-0.15, -0.1) is 0 Å². The lowest BCUT2D eigenvalue weighted by atomic mass is 9.93. The summed E-state index contributed by atoms with van der Waals surface area (Å²) in [6.45, 7) is 4.76. The molecule has 0 saturated carbocycles. The van der Waals surface area contributed by atoms with Crippen molar-refractivity contribution in [3.8, 4) is 0 Å². The summed E-state index contributed by atoms with van der Waals surface area (Å²) >= 11 is 0. The van der Waals surface area contributed by atoms with E-state index in [9.17, 15) is 5.11 Å². The topological polar surface area (TPSA) is 28.4 Å². The molecule has 0 spiro atoms. The molecule has 2 aliphatic rings. The van der Waals surface area contributed by atoms with Crippen molar-refractivity contribution in [3.05, 3.63) is 23.5 Å². The highest BCUT2D eigenvalue weighted by Gasteiger charge is 2.20. The van der Waals surface area contributed by atoms with Crippen molar-refractivity contribution in [1.29, 1.82) is 0 Å². The standard InChI is InChI=1S/C14H22N2O/c17-14-5-3-4-12-10-16(11-13(12)14)9-8-15-6-1-2-7-15/h10-11,14,17H,1-9H2. The summed E-state index contributed by atoms with van der Waals surface area (Å²) in [5.41, 5.74) is 2.54. The predicted molar refractivity (Wildman–Crippen MR) is 68.0 cm³/mol. The van der Waals surface area contributed by atoms with Crippen LogP contribution in [0, 0.1) is 0 Å². The molecule has 1 fully saturated rings. The van der Waals surface area contributed by atoms with Crippen molar-refractivity contribution in [2.45, 2.75) is 44.8 Å². The molecule has 3 rings (SSSR count). The fourth-order valence-electron chi connectivity index (χ4n) is 3.12. The van der Waals surface area contributed by atoms with Gasteiger partial charge in [0.2, 0.25) is 0 Å². The lowest BCUT2D eigenvalue weighted by Crippen LogP contribution is -2.23. The molecule has 1 aromatic heterocycles. The van der Waals surface area contributed by atoms with Gasteiger partial charge in [-0.3, -0.25) is 0 Å². The average molecular weight is 234 g/mol. The van der Waals surface area contributed by atoms with Crippen LogP contribution in [0.2, 0.25) is 0 Å². The van der Waals surface area contributed by atoms with Crippen molar-refractivity contribution in [2.24, 2.45) is 0 Å². The van der Waals surface area contributed by atoms with Crippen molar-refractivity contribution in [2.75, 3.05) is 19.6 Å². The molecule has 17 heavy (non-hydrogen) atoms. The van der Waals surface area contributed by atoms with E-state index in [4.69, 9.17) is 0 Å². The van der Waals surface area contributed by atoms with E-state index >= 15 is 0 Å². The Balaban J connectivity index is 1.63. The molecule has 0 bridgehead atoms. The fraction of sp³-hybridized carbons (Fsp3) is 0.714. The summed E-state index contributed by atoms with van der Waals surface area (Å²) in [6.07, 6.45) is 10.1. The van der Waals surface area contributed by atoms with Gasteiger partial charge in [0.05, 0.1) is 6.10 Å². The Hall–Kier alpha value is -0.800. The van der Waals surface area contributed by atoms with Gasteiger partial charge >= 0.3 is 0 Å². The quantitative estimate of drug-likeness (QED) is 0.866. The van der Waals surface area contributed by atoms with E-state index in [2.05, 4.69) is 21.9 Å². The zero-order valence-corrected chi connectivity index (χ0v) is 10.4. The first-order valence-electron chi connectivity index (χ1n) is 6.92. The van der Waals surface area contributed by atoms with Crippen LogP contribution in [-0.2, 0) is 13.0 Å². The molecule has 1 saturated heterocycles. The number of aryl methyl sites for hydroxylation is 1. The van der Waals surface area contributed by atoms with Gasteiger partial charge in [-0.05, 0) is 50.8 Å². The summed E-state index contributed by atoms with van der Waals surface area (Å²) in [5, 5.41) is 9.93. The largest absolute Gasteiger partial charge is 0.388 e. The molecule has 2 heterocycles. The predicted octanol–water partition coefficient (Wildman–Crippen LogP) is 1.95. The van der Waals surface area contributed by atoms with Gasteiger partial charge in [-0.1, -0.05) is 0 Å². The van der Waals surface area contributed by atoms with Crippen LogP contribution in [0.15, 0.2) is 12.4 Å². The van der Waals surface area contributed by atoms with Gasteiger partial charge in [-0.25, -0.2) is 0 Å². The third kappa shape index (κ3) is 2.40. The van der Waals surface area contributed by atoms with Gasteiger partial charge in [0, 0.05) is 31.0 Å². The Labute approximate surface area is 103 Å². The number of nitrogens with zero attached hydrogens (tertiary/aromatic N) is 2. The number of likely N-dealkylation sites (tertiary alicyclic amines) is 1. The summed E-state index contributed by atoms with van der Waals surface area (Å²) in [5.74, 6) is 0. The number of hydrogen-bond acceptors (Lipinski definition) is 2. The molecular weight excluding hydrogens is 212 g/mol. The molecule has 0 amide bonds. The number of aliphatic hydroxyl groups excluding tert-OH is 1. The van der Waals surface area contributed by atoms with E-state index in [-0.39, 0.29) is 6.10 Å². The van der Waals surface area contributed by atoms with Crippen molar-refractivity contribution in [3.63, 3.8) is 0 Å². The van der Waals surface area contributed by atoms with Crippen LogP contribution in [-0.4, -0.2) is 34.2 Å². The SMILES string of the molecule is OC1CCCc2cn(CCN3CCCC3)cc21. The van der Waals surface area contributed by atoms with Gasteiger partial charge in [0.15, 0.2) is 0 Å². The highest BCUT2D eigenvalue weighted by molar-refractivity contribution is 5.28. The van der Waals surface area contributed by atoms with E-state index in [0.717, 1.165) is 32.4 Å². The number of hydrogen-bond donors (Lipinski definition) is 1. The Morgan fingerprint density at radius 2 is 1.94 bits per heavy atom. The van der Waals surface area contributed by atoms with E-state index in [0.29, 0.717) is 0 Å². The monoisotopic (exact) mass is 234 g/mol. The summed E-state index contributed by atoms with van der Waals surface area (Å²) in [6, 6.07) is 0. The maximum atomic E-state index is 9.93. The number of aliphatic hydroxyl groups is 1. The third-order valence-electron chi connectivity index (χ3n) is 4.15. The van der Waals surface area contributed by atoms with Gasteiger partial charge < -0.3 is 14.6 Å². The minimum absolute atomic E-state index is 0.216. The molecular formula is C14H22N2O. The zero-order valence-electron chi connectivity index (χ0n) is 10.4. The smallest absolute Gasteiger partial charge is 0.0807 e. The molecule has 1 aromatic rings. The van der Waals surface area contributed by atoms with E-state index < -0.39 is 0 Å². The molecule has 94 valence electrons. The number of aromatic nitrogens is 1. The lowest BCUT2D eigenvalue weighted by Gasteiger charge is -2.16. The first kappa shape index (κ1) is 11.3. The second-order valence-electron chi connectivity index (χ2n) is 5.43. The maximum absolute atomic E-state index is 9.93. The third-order valence-corrected chi connectivity index (χ3v) is 4.15. The molecule has 3 nitrogen and oxygen atoms in total. The van der Waals surface area contributed by atoms with Crippen LogP contribution in [0.5, 0.6) is 0 Å². The van der Waals surface area contributed by atoms with Crippen LogP contribution in [0.1, 0.15) is 42.9 Å². The summed E-state index contributed by atoms with van der Waals surface area (Å²) in [7, 11) is 0. The van der Waals surface area contributed by atoms with E-state index in [1.54, 1.807) is 0 Å². The molecule has 1 aliphatic carbocycles. The highest BCUT2D eigenvalue weighted by Crippen LogP contribution is 2.30. The van der Waals surface area contributed by atoms with Crippen molar-refractivity contribution in [1.82, 2.24) is 9.47 Å². The van der Waals surface area contributed by atoms with Crippen LogP contribution < -0.4 is 0 Å². The minimum Gasteiger partial charge on any atom is -0.388 e. The van der Waals surface area contributed by atoms with E-state index in [1.165, 1.54) is 37.1 Å². The second-order valence-corrected chi connectivity index (χ2v) is 5.43. The normalized spacial score (nSPS) is 25.1. The highest BCUT2D eigenvalue weighted by atomic mass is 16.3. The Morgan fingerprint density at radius 1 is 1.12 bits per heavy atom. The minimum atomic E-state index is -0.216. The molecule has 1 atom stereocenters. The second kappa shape index (κ2) is 4.83. The average Bonchev–Trinajstić information content (AvgIpc) is 2.95. The van der Waals surface area contributed by atoms with Crippen molar-refractivity contribution >= 4 is 0 Å². The van der Waals surface area contributed by atoms with Gasteiger partial charge in [0.1, 0.15) is 0 Å². The summed E-state index contributed by atoms with van der Waals surface area (Å²) < 4.78 is 2.28. The Kier molecular flexibility index (Phi) is 3.21. The summed E-state index contributed by atoms with van der Waals surface area (Å²) in [4.78, 5) is 2.54. The van der Waals surface area contributed by atoms with Gasteiger partial charge in [0.25, 0.3) is 0 Å². The molecule has 1 unspecified atom stereocenters. The fourth-order valence-corrected chi connectivity index (χ4v) is 3.12. The van der Waals surface area contributed by atoms with Crippen molar-refractivity contribution < 1.29 is 5.11 Å². The van der Waals surface area contributed by atoms with Crippen LogP contribution >= 0.6 is 0 Å². The van der Waals surface area contributed by atoms with Crippen LogP contribution in [0.3, 0.4) is 0 Å². The van der Waals surface area contributed by atoms with Crippen LogP contribution in [0.25, 0.3) is 0 Å².